The van der Waals surface area contributed by atoms with Gasteiger partial charge < -0.3 is 9.64 Å². The number of hydrogen-bond acceptors (Lipinski definition) is 5. The first-order valence-electron chi connectivity index (χ1n) is 14.6. The minimum absolute atomic E-state index is 0.0597. The highest BCUT2D eigenvalue weighted by molar-refractivity contribution is 5.94. The second-order valence-electron chi connectivity index (χ2n) is 10.9. The molecule has 0 atom stereocenters. The highest BCUT2D eigenvalue weighted by Crippen LogP contribution is 2.25. The van der Waals surface area contributed by atoms with Gasteiger partial charge in [0.05, 0.1) is 31.9 Å². The zero-order valence-electron chi connectivity index (χ0n) is 24.4. The van der Waals surface area contributed by atoms with E-state index in [1.807, 2.05) is 83.6 Å². The lowest BCUT2D eigenvalue weighted by molar-refractivity contribution is -0.134. The third kappa shape index (κ3) is 7.72. The average molecular weight is 566 g/mol. The molecule has 1 aromatic heterocycles. The van der Waals surface area contributed by atoms with Crippen LogP contribution in [0.5, 0.6) is 0 Å². The molecule has 1 N–H and O–H groups in total. The number of amides is 2. The second kappa shape index (κ2) is 14.1. The van der Waals surface area contributed by atoms with Gasteiger partial charge in [-0.2, -0.15) is 0 Å². The van der Waals surface area contributed by atoms with Crippen LogP contribution in [0.3, 0.4) is 0 Å². The molecule has 1 aliphatic heterocycles. The van der Waals surface area contributed by atoms with E-state index in [0.717, 1.165) is 35.6 Å². The van der Waals surface area contributed by atoms with E-state index in [2.05, 4.69) is 36.2 Å². The molecule has 0 unspecified atom stereocenters. The number of benzene rings is 3. The fourth-order valence-corrected chi connectivity index (χ4v) is 5.03. The first-order valence-corrected chi connectivity index (χ1v) is 14.6. The summed E-state index contributed by atoms with van der Waals surface area (Å²) in [6.45, 7) is 8.42. The van der Waals surface area contributed by atoms with Gasteiger partial charge in [0.2, 0.25) is 17.8 Å². The fraction of sp³-hybridized carbons (Fsp3) is 0.324. The minimum atomic E-state index is -0.288. The van der Waals surface area contributed by atoms with Crippen LogP contribution in [-0.2, 0) is 20.7 Å². The van der Waals surface area contributed by atoms with Crippen LogP contribution in [0.1, 0.15) is 30.9 Å². The van der Waals surface area contributed by atoms with Crippen LogP contribution in [0.4, 0.5) is 5.95 Å². The number of aromatic nitrogens is 2. The molecule has 2 amide bonds. The largest absolute Gasteiger partial charge is 0.379 e. The molecule has 218 valence electrons. The highest BCUT2D eigenvalue weighted by atomic mass is 16.5. The molecule has 8 nitrogen and oxygen atoms in total. The smallest absolute Gasteiger partial charge is 0.246 e. The minimum Gasteiger partial charge on any atom is -0.379 e. The number of ether oxygens (including phenoxy) is 1. The van der Waals surface area contributed by atoms with Gasteiger partial charge in [-0.1, -0.05) is 86.6 Å². The zero-order valence-corrected chi connectivity index (χ0v) is 24.4. The van der Waals surface area contributed by atoms with Crippen molar-refractivity contribution in [2.24, 2.45) is 0 Å². The van der Waals surface area contributed by atoms with Crippen LogP contribution >= 0.6 is 0 Å². The van der Waals surface area contributed by atoms with Crippen molar-refractivity contribution in [1.29, 1.82) is 0 Å². The van der Waals surface area contributed by atoms with Gasteiger partial charge in [0.15, 0.2) is 0 Å². The first kappa shape index (κ1) is 29.2. The Kier molecular flexibility index (Phi) is 9.79. The molecule has 4 aromatic rings. The number of morpholine rings is 1. The van der Waals surface area contributed by atoms with Gasteiger partial charge in [0, 0.05) is 43.6 Å². The molecular weight excluding hydrogens is 526 g/mol. The molecule has 0 radical (unpaired) electrons. The molecule has 1 saturated heterocycles. The third-order valence-corrected chi connectivity index (χ3v) is 7.54. The third-order valence-electron chi connectivity index (χ3n) is 7.54. The lowest BCUT2D eigenvalue weighted by Crippen LogP contribution is -2.45. The summed E-state index contributed by atoms with van der Waals surface area (Å²) >= 11 is 0. The Morgan fingerprint density at radius 1 is 0.929 bits per heavy atom. The summed E-state index contributed by atoms with van der Waals surface area (Å²) in [6.07, 6.45) is 2.18. The predicted molar refractivity (Wildman–Crippen MR) is 166 cm³/mol. The number of rotatable bonds is 11. The van der Waals surface area contributed by atoms with Crippen molar-refractivity contribution in [2.75, 3.05) is 51.3 Å². The maximum atomic E-state index is 13.5. The summed E-state index contributed by atoms with van der Waals surface area (Å²) in [6, 6.07) is 27.8. The van der Waals surface area contributed by atoms with Crippen LogP contribution < -0.4 is 5.32 Å². The maximum Gasteiger partial charge on any atom is 0.246 e. The molecule has 5 rings (SSSR count). The summed E-state index contributed by atoms with van der Waals surface area (Å²) in [5.41, 5.74) is 4.76. The van der Waals surface area contributed by atoms with Crippen molar-refractivity contribution in [3.8, 4) is 16.9 Å². The Balaban J connectivity index is 1.36. The zero-order chi connectivity index (χ0) is 29.3. The number of nitrogens with one attached hydrogen (secondary N) is 1. The average Bonchev–Trinajstić information content (AvgIpc) is 3.44. The Hall–Kier alpha value is -4.27. The maximum absolute atomic E-state index is 13.5. The molecule has 2 heterocycles. The Labute approximate surface area is 247 Å². The normalized spacial score (nSPS) is 13.7. The van der Waals surface area contributed by atoms with E-state index < -0.39 is 0 Å². The van der Waals surface area contributed by atoms with Gasteiger partial charge >= 0.3 is 0 Å². The van der Waals surface area contributed by atoms with E-state index in [0.29, 0.717) is 38.2 Å². The molecule has 1 fully saturated rings. The quantitative estimate of drug-likeness (QED) is 0.277. The topological polar surface area (TPSA) is 79.7 Å². The highest BCUT2D eigenvalue weighted by Gasteiger charge is 2.22. The molecule has 8 heteroatoms. The Morgan fingerprint density at radius 2 is 1.60 bits per heavy atom. The van der Waals surface area contributed by atoms with Crippen LogP contribution in [0.25, 0.3) is 16.9 Å². The van der Waals surface area contributed by atoms with E-state index in [1.54, 1.807) is 4.90 Å². The summed E-state index contributed by atoms with van der Waals surface area (Å²) < 4.78 is 7.37. The predicted octanol–water partition coefficient (Wildman–Crippen LogP) is 5.00. The van der Waals surface area contributed by atoms with Crippen LogP contribution in [0, 0.1) is 0 Å². The number of carbonyl (C=O) groups is 2. The molecular formula is C34H39N5O3. The van der Waals surface area contributed by atoms with E-state index in [4.69, 9.17) is 9.72 Å². The molecule has 0 spiro atoms. The first-order chi connectivity index (χ1) is 20.5. The van der Waals surface area contributed by atoms with E-state index in [9.17, 15) is 9.59 Å². The molecule has 0 bridgehead atoms. The van der Waals surface area contributed by atoms with Crippen molar-refractivity contribution in [3.05, 3.63) is 102 Å². The van der Waals surface area contributed by atoms with Gasteiger partial charge in [-0.15, -0.1) is 0 Å². The van der Waals surface area contributed by atoms with Crippen LogP contribution in [-0.4, -0.2) is 77.1 Å². The lowest BCUT2D eigenvalue weighted by Gasteiger charge is -2.30. The Bertz CT molecular complexity index is 1450. The van der Waals surface area contributed by atoms with Crippen LogP contribution in [0.2, 0.25) is 0 Å². The summed E-state index contributed by atoms with van der Waals surface area (Å²) in [5, 5.41) is 3.01. The molecule has 42 heavy (non-hydrogen) atoms. The van der Waals surface area contributed by atoms with Gasteiger partial charge in [-0.25, -0.2) is 4.98 Å². The summed E-state index contributed by atoms with van der Waals surface area (Å²) in [5.74, 6) is 0.461. The van der Waals surface area contributed by atoms with Crippen molar-refractivity contribution >= 4 is 17.8 Å². The number of anilines is 1. The SMILES string of the molecule is CC(C)c1ccc(-n2cc(-c3ccccc3)nc2NC(=O)CN(CCN2CCOCC2)C(=O)Cc2ccccc2)cc1. The molecule has 1 aliphatic rings. The van der Waals surface area contributed by atoms with E-state index >= 15 is 0 Å². The van der Waals surface area contributed by atoms with Crippen molar-refractivity contribution < 1.29 is 14.3 Å². The van der Waals surface area contributed by atoms with Crippen molar-refractivity contribution in [2.45, 2.75) is 26.2 Å². The van der Waals surface area contributed by atoms with Gasteiger partial charge in [0.1, 0.15) is 0 Å². The molecule has 0 aliphatic carbocycles. The number of nitrogens with zero attached hydrogens (tertiary/aromatic N) is 4. The number of carbonyl (C=O) groups excluding carboxylic acids is 2. The fourth-order valence-electron chi connectivity index (χ4n) is 5.03. The van der Waals surface area contributed by atoms with E-state index in [1.165, 1.54) is 5.56 Å². The van der Waals surface area contributed by atoms with Gasteiger partial charge in [-0.05, 0) is 29.2 Å². The van der Waals surface area contributed by atoms with Crippen molar-refractivity contribution in [1.82, 2.24) is 19.4 Å². The lowest BCUT2D eigenvalue weighted by atomic mass is 10.0. The Morgan fingerprint density at radius 3 is 2.26 bits per heavy atom. The molecule has 3 aromatic carbocycles. The standard InChI is InChI=1S/C34H39N5O3/c1-26(2)28-13-15-30(16-14-28)39-24-31(29-11-7-4-8-12-29)35-34(39)36-32(40)25-38(18-17-37-19-21-42-22-20-37)33(41)23-27-9-5-3-6-10-27/h3-16,24,26H,17-23,25H2,1-2H3,(H,35,36,40). The summed E-state index contributed by atoms with van der Waals surface area (Å²) in [7, 11) is 0. The van der Waals surface area contributed by atoms with Gasteiger partial charge in [0.25, 0.3) is 0 Å². The van der Waals surface area contributed by atoms with Crippen LogP contribution in [0.15, 0.2) is 91.1 Å². The number of imidazole rings is 1. The summed E-state index contributed by atoms with van der Waals surface area (Å²) in [4.78, 5) is 35.7. The number of hydrogen-bond donors (Lipinski definition) is 1. The van der Waals surface area contributed by atoms with E-state index in [-0.39, 0.29) is 24.8 Å². The second-order valence-corrected chi connectivity index (χ2v) is 10.9. The molecule has 0 saturated carbocycles. The monoisotopic (exact) mass is 565 g/mol. The van der Waals surface area contributed by atoms with Crippen molar-refractivity contribution in [3.63, 3.8) is 0 Å². The van der Waals surface area contributed by atoms with Gasteiger partial charge in [-0.3, -0.25) is 24.4 Å².